The summed E-state index contributed by atoms with van der Waals surface area (Å²) in [5.41, 5.74) is 0. The van der Waals surface area contributed by atoms with Crippen LogP contribution in [0.4, 0.5) is 0 Å². The van der Waals surface area contributed by atoms with E-state index in [2.05, 4.69) is 6.92 Å². The summed E-state index contributed by atoms with van der Waals surface area (Å²) in [6.07, 6.45) is 8.97. The Kier molecular flexibility index (Phi) is 2.37. The summed E-state index contributed by atoms with van der Waals surface area (Å²) in [6, 6.07) is 0. The maximum absolute atomic E-state index is 5.15. The fraction of sp³-hybridized carbons (Fsp3) is 1.00. The molecular formula is C10H18O2. The van der Waals surface area contributed by atoms with Crippen LogP contribution in [0.15, 0.2) is 0 Å². The Labute approximate surface area is 74.2 Å². The van der Waals surface area contributed by atoms with E-state index in [0.29, 0.717) is 5.92 Å². The first-order valence-electron chi connectivity index (χ1n) is 5.24. The van der Waals surface area contributed by atoms with E-state index in [0.717, 1.165) is 6.42 Å². The molecule has 2 aliphatic rings. The molecule has 70 valence electrons. The van der Waals surface area contributed by atoms with Gasteiger partial charge in [-0.25, -0.2) is 0 Å². The van der Waals surface area contributed by atoms with Gasteiger partial charge in [0.2, 0.25) is 5.79 Å². The molecule has 2 fully saturated rings. The average Bonchev–Trinajstić information content (AvgIpc) is 2.85. The Hall–Kier alpha value is -0.0800. The van der Waals surface area contributed by atoms with E-state index in [4.69, 9.17) is 9.78 Å². The van der Waals surface area contributed by atoms with E-state index in [9.17, 15) is 0 Å². The summed E-state index contributed by atoms with van der Waals surface area (Å²) in [7, 11) is 0. The number of rotatable bonds is 3. The third-order valence-electron chi connectivity index (χ3n) is 3.15. The first-order chi connectivity index (χ1) is 5.87. The van der Waals surface area contributed by atoms with E-state index < -0.39 is 0 Å². The monoisotopic (exact) mass is 170 g/mol. The zero-order chi connectivity index (χ0) is 8.44. The van der Waals surface area contributed by atoms with E-state index >= 15 is 0 Å². The maximum atomic E-state index is 5.15. The lowest BCUT2D eigenvalue weighted by atomic mass is 9.81. The predicted octanol–water partition coefficient (Wildman–Crippen LogP) is 3.02. The smallest absolute Gasteiger partial charge is 0.195 e. The topological polar surface area (TPSA) is 25.1 Å². The molecule has 0 aromatic carbocycles. The van der Waals surface area contributed by atoms with Crippen molar-refractivity contribution >= 4 is 0 Å². The molecule has 0 radical (unpaired) electrons. The van der Waals surface area contributed by atoms with Crippen molar-refractivity contribution in [2.24, 2.45) is 5.92 Å². The summed E-state index contributed by atoms with van der Waals surface area (Å²) >= 11 is 0. The SMILES string of the molecule is CCCCC1CCCCC12OO2. The van der Waals surface area contributed by atoms with Gasteiger partial charge in [0.05, 0.1) is 0 Å². The molecule has 0 N–H and O–H groups in total. The highest BCUT2D eigenvalue weighted by Gasteiger charge is 2.55. The largest absolute Gasteiger partial charge is 0.237 e. The van der Waals surface area contributed by atoms with Gasteiger partial charge in [-0.3, -0.25) is 0 Å². The van der Waals surface area contributed by atoms with Crippen LogP contribution in [0, 0.1) is 5.92 Å². The second-order valence-electron chi connectivity index (χ2n) is 4.06. The molecule has 0 aromatic rings. The molecule has 1 atom stereocenters. The molecular weight excluding hydrogens is 152 g/mol. The van der Waals surface area contributed by atoms with E-state index in [1.807, 2.05) is 0 Å². The predicted molar refractivity (Wildman–Crippen MR) is 46.4 cm³/mol. The molecule has 0 amide bonds. The van der Waals surface area contributed by atoms with E-state index in [1.165, 1.54) is 38.5 Å². The number of hydrogen-bond acceptors (Lipinski definition) is 2. The minimum Gasteiger partial charge on any atom is -0.195 e. The number of unbranched alkanes of at least 4 members (excludes halogenated alkanes) is 1. The van der Waals surface area contributed by atoms with Gasteiger partial charge in [-0.05, 0) is 19.3 Å². The van der Waals surface area contributed by atoms with E-state index in [1.54, 1.807) is 0 Å². The van der Waals surface area contributed by atoms with Gasteiger partial charge in [0.1, 0.15) is 0 Å². The lowest BCUT2D eigenvalue weighted by molar-refractivity contribution is 0.0850. The summed E-state index contributed by atoms with van der Waals surface area (Å²) in [4.78, 5) is 10.3. The third kappa shape index (κ3) is 1.50. The van der Waals surface area contributed by atoms with Crippen LogP contribution in [0.1, 0.15) is 51.9 Å². The molecule has 0 bridgehead atoms. The molecule has 1 spiro atoms. The second-order valence-corrected chi connectivity index (χ2v) is 4.06. The zero-order valence-electron chi connectivity index (χ0n) is 7.84. The van der Waals surface area contributed by atoms with Gasteiger partial charge in [-0.1, -0.05) is 26.2 Å². The van der Waals surface area contributed by atoms with Crippen molar-refractivity contribution in [3.05, 3.63) is 0 Å². The first kappa shape index (κ1) is 8.52. The normalized spacial score (nSPS) is 32.2. The Morgan fingerprint density at radius 2 is 2.17 bits per heavy atom. The molecule has 1 aliphatic heterocycles. The molecule has 12 heavy (non-hydrogen) atoms. The molecule has 2 nitrogen and oxygen atoms in total. The van der Waals surface area contributed by atoms with Crippen LogP contribution in [0.2, 0.25) is 0 Å². The van der Waals surface area contributed by atoms with Gasteiger partial charge < -0.3 is 0 Å². The van der Waals surface area contributed by atoms with Gasteiger partial charge >= 0.3 is 0 Å². The quantitative estimate of drug-likeness (QED) is 0.480. The average molecular weight is 170 g/mol. The Morgan fingerprint density at radius 3 is 2.83 bits per heavy atom. The van der Waals surface area contributed by atoms with Crippen LogP contribution in [0.3, 0.4) is 0 Å². The standard InChI is InChI=1S/C10H18O2/c1-2-3-6-9-7-4-5-8-10(9)11-12-10/h9H,2-8H2,1H3. The van der Waals surface area contributed by atoms with Crippen molar-refractivity contribution in [2.45, 2.75) is 57.7 Å². The van der Waals surface area contributed by atoms with Crippen molar-refractivity contribution < 1.29 is 9.78 Å². The van der Waals surface area contributed by atoms with Crippen molar-refractivity contribution in [1.29, 1.82) is 0 Å². The molecule has 1 saturated carbocycles. The van der Waals surface area contributed by atoms with Crippen LogP contribution >= 0.6 is 0 Å². The Balaban J connectivity index is 1.84. The van der Waals surface area contributed by atoms with Gasteiger partial charge in [-0.2, -0.15) is 9.78 Å². The van der Waals surface area contributed by atoms with Crippen molar-refractivity contribution in [3.8, 4) is 0 Å². The molecule has 2 rings (SSSR count). The van der Waals surface area contributed by atoms with Gasteiger partial charge in [-0.15, -0.1) is 0 Å². The highest BCUT2D eigenvalue weighted by Crippen LogP contribution is 2.49. The van der Waals surface area contributed by atoms with E-state index in [-0.39, 0.29) is 5.79 Å². The molecule has 2 heteroatoms. The lowest BCUT2D eigenvalue weighted by Gasteiger charge is -2.24. The van der Waals surface area contributed by atoms with Gasteiger partial charge in [0, 0.05) is 12.3 Å². The zero-order valence-corrected chi connectivity index (χ0v) is 7.84. The molecule has 1 aliphatic carbocycles. The Bertz CT molecular complexity index is 152. The summed E-state index contributed by atoms with van der Waals surface area (Å²) in [5.74, 6) is 0.583. The fourth-order valence-corrected chi connectivity index (χ4v) is 2.27. The minimum atomic E-state index is -0.104. The lowest BCUT2D eigenvalue weighted by Crippen LogP contribution is -2.27. The van der Waals surface area contributed by atoms with Crippen LogP contribution in [-0.4, -0.2) is 5.79 Å². The van der Waals surface area contributed by atoms with Crippen LogP contribution in [0.5, 0.6) is 0 Å². The molecule has 1 heterocycles. The summed E-state index contributed by atoms with van der Waals surface area (Å²) in [5, 5.41) is 0. The third-order valence-corrected chi connectivity index (χ3v) is 3.15. The minimum absolute atomic E-state index is 0.104. The van der Waals surface area contributed by atoms with Crippen LogP contribution in [-0.2, 0) is 9.78 Å². The first-order valence-corrected chi connectivity index (χ1v) is 5.24. The van der Waals surface area contributed by atoms with Crippen LogP contribution < -0.4 is 0 Å². The number of hydrogen-bond donors (Lipinski definition) is 0. The summed E-state index contributed by atoms with van der Waals surface area (Å²) < 4.78 is 0. The highest BCUT2D eigenvalue weighted by atomic mass is 17.4. The molecule has 1 saturated heterocycles. The Morgan fingerprint density at radius 1 is 1.33 bits per heavy atom. The van der Waals surface area contributed by atoms with Gasteiger partial charge in [0.15, 0.2) is 0 Å². The molecule has 0 aromatic heterocycles. The van der Waals surface area contributed by atoms with Crippen molar-refractivity contribution in [2.75, 3.05) is 0 Å². The van der Waals surface area contributed by atoms with Crippen molar-refractivity contribution in [1.82, 2.24) is 0 Å². The second kappa shape index (κ2) is 3.35. The summed E-state index contributed by atoms with van der Waals surface area (Å²) in [6.45, 7) is 2.24. The highest BCUT2D eigenvalue weighted by molar-refractivity contribution is 4.87. The van der Waals surface area contributed by atoms with Crippen molar-refractivity contribution in [3.63, 3.8) is 0 Å². The van der Waals surface area contributed by atoms with Gasteiger partial charge in [0.25, 0.3) is 0 Å². The van der Waals surface area contributed by atoms with Crippen LogP contribution in [0.25, 0.3) is 0 Å². The fourth-order valence-electron chi connectivity index (χ4n) is 2.27. The molecule has 1 unspecified atom stereocenters. The maximum Gasteiger partial charge on any atom is 0.237 e.